The third kappa shape index (κ3) is 4.52. The molecular formula is C23H21ClN6O3S. The summed E-state index contributed by atoms with van der Waals surface area (Å²) in [7, 11) is 1.54. The third-order valence-electron chi connectivity index (χ3n) is 5.43. The summed E-state index contributed by atoms with van der Waals surface area (Å²) in [5, 5.41) is 3.65. The molecule has 0 unspecified atom stereocenters. The molecule has 0 bridgehead atoms. The van der Waals surface area contributed by atoms with Gasteiger partial charge in [0.1, 0.15) is 27.1 Å². The van der Waals surface area contributed by atoms with Gasteiger partial charge in [0.15, 0.2) is 5.13 Å². The topological polar surface area (TPSA) is 102 Å². The minimum atomic E-state index is -0.343. The largest absolute Gasteiger partial charge is 0.494 e. The highest BCUT2D eigenvalue weighted by Gasteiger charge is 2.20. The lowest BCUT2D eigenvalue weighted by Gasteiger charge is -2.27. The number of aryl methyl sites for hydroxylation is 1. The number of nitrogens with zero attached hydrogens (tertiary/aromatic N) is 5. The molecule has 0 spiro atoms. The van der Waals surface area contributed by atoms with Crippen LogP contribution >= 0.6 is 22.9 Å². The van der Waals surface area contributed by atoms with E-state index < -0.39 is 0 Å². The van der Waals surface area contributed by atoms with Crippen LogP contribution in [0, 0.1) is 6.92 Å². The molecule has 0 saturated carbocycles. The second-order valence-electron chi connectivity index (χ2n) is 7.64. The van der Waals surface area contributed by atoms with Gasteiger partial charge in [0, 0.05) is 36.1 Å². The van der Waals surface area contributed by atoms with E-state index in [4.69, 9.17) is 26.1 Å². The molecular weight excluding hydrogens is 476 g/mol. The number of nitrogens with one attached hydrogen (secondary N) is 1. The quantitative estimate of drug-likeness (QED) is 0.410. The van der Waals surface area contributed by atoms with Crippen molar-refractivity contribution in [2.45, 2.75) is 6.92 Å². The van der Waals surface area contributed by atoms with Gasteiger partial charge in [-0.2, -0.15) is 0 Å². The van der Waals surface area contributed by atoms with Crippen molar-refractivity contribution in [3.8, 4) is 16.9 Å². The Hall–Kier alpha value is -3.34. The fourth-order valence-electron chi connectivity index (χ4n) is 3.75. The van der Waals surface area contributed by atoms with E-state index in [0.29, 0.717) is 45.9 Å². The maximum atomic E-state index is 13.3. The highest BCUT2D eigenvalue weighted by Crippen LogP contribution is 2.34. The number of morpholine rings is 1. The molecule has 34 heavy (non-hydrogen) atoms. The van der Waals surface area contributed by atoms with Crippen molar-refractivity contribution in [1.82, 2.24) is 19.9 Å². The molecule has 11 heteroatoms. The van der Waals surface area contributed by atoms with Crippen molar-refractivity contribution in [3.05, 3.63) is 53.1 Å². The van der Waals surface area contributed by atoms with Gasteiger partial charge in [0.25, 0.3) is 5.91 Å². The number of halogens is 1. The number of hydrogen-bond acceptors (Lipinski definition) is 9. The van der Waals surface area contributed by atoms with Crippen molar-refractivity contribution < 1.29 is 14.3 Å². The van der Waals surface area contributed by atoms with Gasteiger partial charge in [0.05, 0.1) is 32.1 Å². The molecule has 1 saturated heterocycles. The van der Waals surface area contributed by atoms with E-state index in [1.54, 1.807) is 13.2 Å². The van der Waals surface area contributed by atoms with Gasteiger partial charge in [0.2, 0.25) is 0 Å². The highest BCUT2D eigenvalue weighted by atomic mass is 35.5. The number of anilines is 2. The lowest BCUT2D eigenvalue weighted by atomic mass is 10.0. The molecule has 1 amide bonds. The van der Waals surface area contributed by atoms with Crippen LogP contribution in [-0.4, -0.2) is 59.3 Å². The van der Waals surface area contributed by atoms with Crippen LogP contribution in [0.1, 0.15) is 16.1 Å². The van der Waals surface area contributed by atoms with Crippen LogP contribution < -0.4 is 15.0 Å². The van der Waals surface area contributed by atoms with E-state index in [1.807, 2.05) is 25.1 Å². The van der Waals surface area contributed by atoms with Gasteiger partial charge in [-0.25, -0.2) is 15.0 Å². The molecule has 9 nitrogen and oxygen atoms in total. The highest BCUT2D eigenvalue weighted by molar-refractivity contribution is 7.22. The average molecular weight is 497 g/mol. The monoisotopic (exact) mass is 496 g/mol. The van der Waals surface area contributed by atoms with Gasteiger partial charge < -0.3 is 14.4 Å². The molecule has 5 rings (SSSR count). The predicted octanol–water partition coefficient (Wildman–Crippen LogP) is 4.21. The van der Waals surface area contributed by atoms with E-state index in [1.165, 1.54) is 23.7 Å². The Morgan fingerprint density at radius 1 is 1.15 bits per heavy atom. The molecule has 1 aliphatic heterocycles. The fourth-order valence-corrected chi connectivity index (χ4v) is 4.73. The van der Waals surface area contributed by atoms with E-state index in [-0.39, 0.29) is 5.91 Å². The number of hydrogen-bond donors (Lipinski definition) is 1. The smallest absolute Gasteiger partial charge is 0.259 e. The first-order chi connectivity index (χ1) is 16.5. The number of fused-ring (bicyclic) bond motifs is 1. The van der Waals surface area contributed by atoms with Crippen LogP contribution in [0.25, 0.3) is 21.5 Å². The van der Waals surface area contributed by atoms with Crippen LogP contribution in [-0.2, 0) is 4.74 Å². The van der Waals surface area contributed by atoms with E-state index >= 15 is 0 Å². The average Bonchev–Trinajstić information content (AvgIpc) is 3.25. The number of rotatable bonds is 5. The molecule has 1 N–H and O–H groups in total. The molecule has 4 aromatic rings. The molecule has 0 aromatic carbocycles. The maximum absolute atomic E-state index is 13.3. The molecule has 0 aliphatic carbocycles. The van der Waals surface area contributed by atoms with Gasteiger partial charge >= 0.3 is 0 Å². The van der Waals surface area contributed by atoms with Crippen LogP contribution in [0.4, 0.5) is 10.9 Å². The van der Waals surface area contributed by atoms with Crippen LogP contribution in [0.15, 0.2) is 36.7 Å². The minimum Gasteiger partial charge on any atom is -0.494 e. The van der Waals surface area contributed by atoms with Crippen molar-refractivity contribution in [2.75, 3.05) is 43.6 Å². The molecule has 174 valence electrons. The van der Waals surface area contributed by atoms with Crippen molar-refractivity contribution in [2.24, 2.45) is 0 Å². The summed E-state index contributed by atoms with van der Waals surface area (Å²) in [6.45, 7) is 4.82. The van der Waals surface area contributed by atoms with Crippen LogP contribution in [0.5, 0.6) is 5.75 Å². The first-order valence-corrected chi connectivity index (χ1v) is 11.8. The van der Waals surface area contributed by atoms with Crippen LogP contribution in [0.3, 0.4) is 0 Å². The normalized spacial score (nSPS) is 13.8. The zero-order valence-corrected chi connectivity index (χ0v) is 20.1. The lowest BCUT2D eigenvalue weighted by Crippen LogP contribution is -2.36. The Bertz CT molecular complexity index is 1370. The Morgan fingerprint density at radius 2 is 1.97 bits per heavy atom. The minimum absolute atomic E-state index is 0.296. The fraction of sp³-hybridized carbons (Fsp3) is 0.261. The van der Waals surface area contributed by atoms with Crippen molar-refractivity contribution in [3.63, 3.8) is 0 Å². The summed E-state index contributed by atoms with van der Waals surface area (Å²) in [6, 6.07) is 7.35. The Morgan fingerprint density at radius 3 is 2.76 bits per heavy atom. The molecule has 1 fully saturated rings. The van der Waals surface area contributed by atoms with Gasteiger partial charge in [-0.05, 0) is 31.2 Å². The van der Waals surface area contributed by atoms with Gasteiger partial charge in [-0.15, -0.1) is 0 Å². The number of carbonyl (C=O) groups excluding carboxylic acids is 1. The molecule has 0 radical (unpaired) electrons. The van der Waals surface area contributed by atoms with E-state index in [0.717, 1.165) is 34.9 Å². The zero-order chi connectivity index (χ0) is 23.7. The maximum Gasteiger partial charge on any atom is 0.259 e. The first-order valence-electron chi connectivity index (χ1n) is 10.6. The van der Waals surface area contributed by atoms with Crippen LogP contribution in [0.2, 0.25) is 5.15 Å². The molecule has 5 heterocycles. The first kappa shape index (κ1) is 22.5. The Balaban J connectivity index is 1.45. The van der Waals surface area contributed by atoms with Crippen molar-refractivity contribution in [1.29, 1.82) is 0 Å². The third-order valence-corrected chi connectivity index (χ3v) is 6.51. The Kier molecular flexibility index (Phi) is 6.27. The summed E-state index contributed by atoms with van der Waals surface area (Å²) in [4.78, 5) is 33.9. The summed E-state index contributed by atoms with van der Waals surface area (Å²) in [5.41, 5.74) is 3.13. The number of ether oxygens (including phenoxy) is 2. The van der Waals surface area contributed by atoms with Gasteiger partial charge in [-0.1, -0.05) is 22.9 Å². The number of pyridine rings is 3. The molecule has 1 aliphatic rings. The molecule has 0 atom stereocenters. The summed E-state index contributed by atoms with van der Waals surface area (Å²) in [5.74, 6) is 1.04. The van der Waals surface area contributed by atoms with E-state index in [9.17, 15) is 4.79 Å². The zero-order valence-electron chi connectivity index (χ0n) is 18.5. The predicted molar refractivity (Wildman–Crippen MR) is 132 cm³/mol. The van der Waals surface area contributed by atoms with Crippen molar-refractivity contribution >= 4 is 50.1 Å². The van der Waals surface area contributed by atoms with Gasteiger partial charge in [-0.3, -0.25) is 15.1 Å². The number of aromatic nitrogens is 4. The summed E-state index contributed by atoms with van der Waals surface area (Å²) >= 11 is 7.46. The number of thiazole rings is 1. The standard InChI is InChI=1S/C23H21ClN6O3S/c1-13-9-14(15-10-19(24)26-12-18(15)32-2)16(11-25-13)21(31)29-23-27-17-3-4-20(28-22(17)34-23)30-5-7-33-8-6-30/h3-4,9-12H,5-8H2,1-2H3,(H,27,29,31). The number of amides is 1. The SMILES string of the molecule is COc1cnc(Cl)cc1-c1cc(C)ncc1C(=O)Nc1nc2ccc(N3CCOCC3)nc2s1. The summed E-state index contributed by atoms with van der Waals surface area (Å²) < 4.78 is 10.9. The molecule has 4 aromatic heterocycles. The number of carbonyl (C=O) groups is 1. The lowest BCUT2D eigenvalue weighted by molar-refractivity contribution is 0.102. The van der Waals surface area contributed by atoms with E-state index in [2.05, 4.69) is 25.2 Å². The summed E-state index contributed by atoms with van der Waals surface area (Å²) in [6.07, 6.45) is 3.07. The number of methoxy groups -OCH3 is 1. The second-order valence-corrected chi connectivity index (χ2v) is 9.01. The second kappa shape index (κ2) is 9.49. The Labute approximate surface area is 204 Å².